The minimum Gasteiger partial charge on any atom is -0.350 e. The molecule has 5 heterocycles. The summed E-state index contributed by atoms with van der Waals surface area (Å²) in [6, 6.07) is 7.16. The number of carbonyl (C=O) groups is 1. The van der Waals surface area contributed by atoms with Gasteiger partial charge in [-0.1, -0.05) is 0 Å². The molecule has 0 bridgehead atoms. The third-order valence-electron chi connectivity index (χ3n) is 8.07. The van der Waals surface area contributed by atoms with Crippen LogP contribution in [0.4, 0.5) is 10.2 Å². The van der Waals surface area contributed by atoms with Gasteiger partial charge in [0.15, 0.2) is 0 Å². The van der Waals surface area contributed by atoms with Crippen molar-refractivity contribution in [3.05, 3.63) is 63.5 Å². The third-order valence-corrected chi connectivity index (χ3v) is 8.07. The molecule has 198 valence electrons. The number of aromatic amines is 1. The maximum Gasteiger partial charge on any atom is 0.259 e. The maximum atomic E-state index is 13.8. The molecular weight excluding hydrogens is 485 g/mol. The first-order chi connectivity index (χ1) is 18.2. The van der Waals surface area contributed by atoms with Gasteiger partial charge in [-0.25, -0.2) is 9.37 Å². The molecule has 0 unspecified atom stereocenters. The highest BCUT2D eigenvalue weighted by Crippen LogP contribution is 2.30. The maximum absolute atomic E-state index is 13.8. The van der Waals surface area contributed by atoms with Crippen LogP contribution in [0.15, 0.2) is 35.3 Å². The number of hydrogen-bond donors (Lipinski definition) is 1. The molecule has 3 aromatic heterocycles. The first-order valence-electron chi connectivity index (χ1n) is 13.1. The Kier molecular flexibility index (Phi) is 5.94. The first kappa shape index (κ1) is 24.5. The van der Waals surface area contributed by atoms with E-state index in [1.807, 2.05) is 28.6 Å². The summed E-state index contributed by atoms with van der Waals surface area (Å²) in [6.07, 6.45) is 2.60. The summed E-state index contributed by atoms with van der Waals surface area (Å²) in [4.78, 5) is 40.3. The number of fused-ring (bicyclic) bond motifs is 3. The molecule has 10 heteroatoms. The predicted octanol–water partition coefficient (Wildman–Crippen LogP) is 3.26. The van der Waals surface area contributed by atoms with Crippen LogP contribution < -0.4 is 10.5 Å². The number of nitrogens with one attached hydrogen (secondary N) is 1. The molecule has 38 heavy (non-hydrogen) atoms. The van der Waals surface area contributed by atoms with E-state index in [0.29, 0.717) is 41.8 Å². The van der Waals surface area contributed by atoms with E-state index in [2.05, 4.69) is 38.8 Å². The van der Waals surface area contributed by atoms with Gasteiger partial charge < -0.3 is 19.7 Å². The fourth-order valence-electron chi connectivity index (χ4n) is 5.96. The van der Waals surface area contributed by atoms with Crippen molar-refractivity contribution in [2.45, 2.75) is 39.3 Å². The normalized spacial score (nSPS) is 20.7. The summed E-state index contributed by atoms with van der Waals surface area (Å²) in [5, 5.41) is 5.98. The van der Waals surface area contributed by atoms with E-state index in [-0.39, 0.29) is 29.4 Å². The number of H-pyrrole nitrogens is 1. The molecule has 1 N–H and O–H groups in total. The number of anilines is 1. The average Bonchev–Trinajstić information content (AvgIpc) is 3.52. The smallest absolute Gasteiger partial charge is 0.259 e. The van der Waals surface area contributed by atoms with E-state index in [4.69, 9.17) is 0 Å². The van der Waals surface area contributed by atoms with Crippen LogP contribution in [0.3, 0.4) is 0 Å². The topological polar surface area (TPSA) is 90.4 Å². The molecular formula is C28H32FN7O2. The highest BCUT2D eigenvalue weighted by Gasteiger charge is 2.30. The lowest BCUT2D eigenvalue weighted by Gasteiger charge is -2.40. The second-order valence-electron chi connectivity index (χ2n) is 10.8. The lowest BCUT2D eigenvalue weighted by Crippen LogP contribution is -2.54. The monoisotopic (exact) mass is 517 g/mol. The van der Waals surface area contributed by atoms with Crippen LogP contribution in [0.25, 0.3) is 21.8 Å². The molecule has 9 nitrogen and oxygen atoms in total. The Morgan fingerprint density at radius 1 is 1.11 bits per heavy atom. The average molecular weight is 518 g/mol. The van der Waals surface area contributed by atoms with Crippen LogP contribution in [0.2, 0.25) is 0 Å². The lowest BCUT2D eigenvalue weighted by atomic mass is 10.0. The van der Waals surface area contributed by atoms with Crippen LogP contribution in [0, 0.1) is 19.7 Å². The fraction of sp³-hybridized carbons (Fsp3) is 0.429. The molecule has 1 amide bonds. The van der Waals surface area contributed by atoms with Crippen molar-refractivity contribution in [3.8, 4) is 0 Å². The number of likely N-dealkylation sites (N-methyl/N-ethyl adjacent to an activating group) is 1. The van der Waals surface area contributed by atoms with Gasteiger partial charge in [-0.15, -0.1) is 0 Å². The number of pyridine rings is 2. The van der Waals surface area contributed by atoms with Gasteiger partial charge in [-0.3, -0.25) is 14.3 Å². The molecule has 1 aromatic carbocycles. The van der Waals surface area contributed by atoms with Crippen LogP contribution in [-0.2, 0) is 0 Å². The Bertz CT molecular complexity index is 1630. The summed E-state index contributed by atoms with van der Waals surface area (Å²) in [6.45, 7) is 9.14. The SMILES string of the molecule is Cc1cc2[nH]c(=O)c3cnn([C@H]4CCN(C)C4)c3c2cc1C(=O)N1CCN(c2ccc(F)c(C)n2)[C@@H](C)C1. The van der Waals surface area contributed by atoms with Crippen LogP contribution in [-0.4, -0.2) is 81.3 Å². The molecule has 6 rings (SSSR count). The Labute approximate surface area is 219 Å². The summed E-state index contributed by atoms with van der Waals surface area (Å²) >= 11 is 0. The van der Waals surface area contributed by atoms with E-state index in [1.54, 1.807) is 19.2 Å². The van der Waals surface area contributed by atoms with Crippen LogP contribution in [0.1, 0.15) is 41.0 Å². The van der Waals surface area contributed by atoms with Gasteiger partial charge in [0.25, 0.3) is 11.5 Å². The minimum atomic E-state index is -0.321. The van der Waals surface area contributed by atoms with Crippen molar-refractivity contribution in [2.24, 2.45) is 0 Å². The highest BCUT2D eigenvalue weighted by atomic mass is 19.1. The molecule has 2 aliphatic heterocycles. The number of likely N-dealkylation sites (tertiary alicyclic amines) is 1. The van der Waals surface area contributed by atoms with Gasteiger partial charge in [0.2, 0.25) is 0 Å². The first-order valence-corrected chi connectivity index (χ1v) is 13.1. The van der Waals surface area contributed by atoms with E-state index in [0.717, 1.165) is 41.8 Å². The second-order valence-corrected chi connectivity index (χ2v) is 10.8. The molecule has 2 aliphatic rings. The lowest BCUT2D eigenvalue weighted by molar-refractivity contribution is 0.0725. The van der Waals surface area contributed by atoms with Crippen molar-refractivity contribution in [2.75, 3.05) is 44.7 Å². The van der Waals surface area contributed by atoms with Gasteiger partial charge in [0.05, 0.1) is 34.4 Å². The number of aryl methyl sites for hydroxylation is 2. The zero-order chi connectivity index (χ0) is 26.7. The van der Waals surface area contributed by atoms with Crippen molar-refractivity contribution in [1.82, 2.24) is 29.5 Å². The van der Waals surface area contributed by atoms with Gasteiger partial charge in [-0.05, 0) is 70.6 Å². The summed E-state index contributed by atoms with van der Waals surface area (Å²) < 4.78 is 15.7. The van der Waals surface area contributed by atoms with E-state index in [9.17, 15) is 14.0 Å². The summed E-state index contributed by atoms with van der Waals surface area (Å²) in [7, 11) is 2.09. The Morgan fingerprint density at radius 3 is 2.63 bits per heavy atom. The standard InChI is InChI=1S/C28H32FN7O2/c1-16-11-24-21(26-22(27(37)32-24)13-30-36(26)19-7-8-33(4)15-19)12-20(16)28(38)34-9-10-35(17(2)14-34)25-6-5-23(29)18(3)31-25/h5-6,11-13,17,19H,7-10,14-15H2,1-4H3,(H,32,37)/t17-,19-/m0/s1. The number of halogens is 1. The summed E-state index contributed by atoms with van der Waals surface area (Å²) in [5.41, 5.74) is 3.13. The number of amides is 1. The summed E-state index contributed by atoms with van der Waals surface area (Å²) in [5.74, 6) is 0.367. The largest absolute Gasteiger partial charge is 0.350 e. The number of piperazine rings is 1. The number of carbonyl (C=O) groups excluding carboxylic acids is 1. The van der Waals surface area contributed by atoms with Crippen molar-refractivity contribution >= 4 is 33.5 Å². The van der Waals surface area contributed by atoms with Crippen LogP contribution in [0.5, 0.6) is 0 Å². The van der Waals surface area contributed by atoms with E-state index >= 15 is 0 Å². The Hall–Kier alpha value is -3.79. The van der Waals surface area contributed by atoms with Gasteiger partial charge in [0.1, 0.15) is 11.6 Å². The Morgan fingerprint density at radius 2 is 1.92 bits per heavy atom. The molecule has 0 aliphatic carbocycles. The van der Waals surface area contributed by atoms with Crippen LogP contribution >= 0.6 is 0 Å². The molecule has 0 saturated carbocycles. The Balaban J connectivity index is 1.34. The van der Waals surface area contributed by atoms with Crippen molar-refractivity contribution < 1.29 is 9.18 Å². The van der Waals surface area contributed by atoms with Crippen molar-refractivity contribution in [3.63, 3.8) is 0 Å². The quantitative estimate of drug-likeness (QED) is 0.449. The third kappa shape index (κ3) is 4.03. The zero-order valence-corrected chi connectivity index (χ0v) is 22.2. The molecule has 2 atom stereocenters. The number of benzene rings is 1. The predicted molar refractivity (Wildman–Crippen MR) is 145 cm³/mol. The molecule has 4 aromatic rings. The fourth-order valence-corrected chi connectivity index (χ4v) is 5.96. The van der Waals surface area contributed by atoms with Gasteiger partial charge in [-0.2, -0.15) is 5.10 Å². The minimum absolute atomic E-state index is 0.0228. The number of rotatable bonds is 3. The number of aromatic nitrogens is 4. The van der Waals surface area contributed by atoms with Crippen molar-refractivity contribution in [1.29, 1.82) is 0 Å². The molecule has 2 saturated heterocycles. The highest BCUT2D eigenvalue weighted by molar-refractivity contribution is 6.07. The molecule has 0 spiro atoms. The van der Waals surface area contributed by atoms with E-state index < -0.39 is 0 Å². The van der Waals surface area contributed by atoms with E-state index in [1.165, 1.54) is 6.07 Å². The molecule has 2 fully saturated rings. The van der Waals surface area contributed by atoms with Gasteiger partial charge in [0, 0.05) is 43.2 Å². The number of nitrogens with zero attached hydrogens (tertiary/aromatic N) is 6. The number of hydrogen-bond acceptors (Lipinski definition) is 6. The zero-order valence-electron chi connectivity index (χ0n) is 22.2. The van der Waals surface area contributed by atoms with Gasteiger partial charge >= 0.3 is 0 Å². The molecule has 0 radical (unpaired) electrons. The second kappa shape index (κ2) is 9.20.